The molecule has 2 aliphatic rings. The lowest BCUT2D eigenvalue weighted by atomic mass is 10.2. The molecule has 2 heterocycles. The molecule has 0 saturated heterocycles. The van der Waals surface area contributed by atoms with Crippen LogP contribution in [0.3, 0.4) is 0 Å². The van der Waals surface area contributed by atoms with Crippen LogP contribution >= 0.6 is 11.8 Å². The number of aliphatic imine (C=N–C) groups is 1. The average molecular weight is 199 g/mol. The number of nitrogens with zero attached hydrogens (tertiary/aromatic N) is 1. The van der Waals surface area contributed by atoms with Crippen molar-refractivity contribution in [1.29, 1.82) is 0 Å². The summed E-state index contributed by atoms with van der Waals surface area (Å²) in [4.78, 5) is 4.12. The first-order chi connectivity index (χ1) is 6.29. The summed E-state index contributed by atoms with van der Waals surface area (Å²) in [6.07, 6.45) is 3.25. The molecule has 0 amide bonds. The van der Waals surface area contributed by atoms with Gasteiger partial charge in [0.15, 0.2) is 0 Å². The quantitative estimate of drug-likeness (QED) is 0.559. The SMILES string of the molecule is CC1=CCOCC1.CC1=NCCS1. The maximum absolute atomic E-state index is 5.06. The zero-order chi connectivity index (χ0) is 9.52. The van der Waals surface area contributed by atoms with Gasteiger partial charge in [0, 0.05) is 12.3 Å². The highest BCUT2D eigenvalue weighted by molar-refractivity contribution is 8.14. The molecular weight excluding hydrogens is 182 g/mol. The van der Waals surface area contributed by atoms with Crippen LogP contribution in [0.2, 0.25) is 0 Å². The first-order valence-corrected chi connectivity index (χ1v) is 5.65. The Hall–Kier alpha value is -0.280. The molecule has 3 heteroatoms. The normalized spacial score (nSPS) is 21.4. The Bertz CT molecular complexity index is 211. The molecule has 2 nitrogen and oxygen atoms in total. The van der Waals surface area contributed by atoms with E-state index in [9.17, 15) is 0 Å². The van der Waals surface area contributed by atoms with Gasteiger partial charge in [0.2, 0.25) is 0 Å². The first-order valence-electron chi connectivity index (χ1n) is 4.66. The van der Waals surface area contributed by atoms with E-state index in [0.717, 1.165) is 26.2 Å². The molecule has 0 aromatic carbocycles. The van der Waals surface area contributed by atoms with Crippen molar-refractivity contribution in [2.75, 3.05) is 25.5 Å². The highest BCUT2D eigenvalue weighted by atomic mass is 32.2. The fourth-order valence-electron chi connectivity index (χ4n) is 1.06. The van der Waals surface area contributed by atoms with Crippen molar-refractivity contribution in [2.24, 2.45) is 4.99 Å². The molecule has 0 aromatic rings. The van der Waals surface area contributed by atoms with E-state index in [1.807, 2.05) is 11.8 Å². The van der Waals surface area contributed by atoms with Gasteiger partial charge in [0.05, 0.1) is 18.3 Å². The van der Waals surface area contributed by atoms with Crippen molar-refractivity contribution in [3.05, 3.63) is 11.6 Å². The molecule has 0 spiro atoms. The van der Waals surface area contributed by atoms with E-state index in [-0.39, 0.29) is 0 Å². The maximum Gasteiger partial charge on any atom is 0.0650 e. The minimum atomic E-state index is 0.825. The molecule has 0 N–H and O–H groups in total. The molecule has 0 saturated carbocycles. The van der Waals surface area contributed by atoms with Gasteiger partial charge in [-0.2, -0.15) is 0 Å². The molecule has 2 rings (SSSR count). The molecule has 0 bridgehead atoms. The second-order valence-electron chi connectivity index (χ2n) is 3.12. The fraction of sp³-hybridized carbons (Fsp3) is 0.700. The molecule has 0 atom stereocenters. The van der Waals surface area contributed by atoms with Gasteiger partial charge in [0.25, 0.3) is 0 Å². The van der Waals surface area contributed by atoms with Crippen molar-refractivity contribution in [1.82, 2.24) is 0 Å². The summed E-state index contributed by atoms with van der Waals surface area (Å²) < 4.78 is 5.06. The van der Waals surface area contributed by atoms with Gasteiger partial charge in [-0.25, -0.2) is 0 Å². The molecule has 0 fully saturated rings. The lowest BCUT2D eigenvalue weighted by Crippen LogP contribution is -2.01. The molecule has 13 heavy (non-hydrogen) atoms. The maximum atomic E-state index is 5.06. The van der Waals surface area contributed by atoms with E-state index in [1.54, 1.807) is 0 Å². The Labute approximate surface area is 84.5 Å². The van der Waals surface area contributed by atoms with Crippen molar-refractivity contribution in [3.8, 4) is 0 Å². The number of hydrogen-bond acceptors (Lipinski definition) is 3. The third-order valence-corrected chi connectivity index (χ3v) is 2.86. The van der Waals surface area contributed by atoms with Gasteiger partial charge >= 0.3 is 0 Å². The molecular formula is C10H17NOS. The zero-order valence-corrected chi connectivity index (χ0v) is 9.19. The standard InChI is InChI=1S/C6H10O.C4H7NS/c1-6-2-4-7-5-3-6;1-4-5-2-3-6-4/h2H,3-5H2,1H3;2-3H2,1H3. The molecule has 0 unspecified atom stereocenters. The van der Waals surface area contributed by atoms with Gasteiger partial charge in [0.1, 0.15) is 0 Å². The Morgan fingerprint density at radius 2 is 2.31 bits per heavy atom. The summed E-state index contributed by atoms with van der Waals surface area (Å²) >= 11 is 1.85. The van der Waals surface area contributed by atoms with Crippen LogP contribution in [0, 0.1) is 0 Å². The minimum Gasteiger partial charge on any atom is -0.377 e. The van der Waals surface area contributed by atoms with E-state index in [4.69, 9.17) is 4.74 Å². The number of rotatable bonds is 0. The summed E-state index contributed by atoms with van der Waals surface area (Å²) in [5.74, 6) is 1.20. The molecule has 2 aliphatic heterocycles. The zero-order valence-electron chi connectivity index (χ0n) is 8.38. The summed E-state index contributed by atoms with van der Waals surface area (Å²) in [6, 6.07) is 0. The topological polar surface area (TPSA) is 21.6 Å². The molecule has 0 radical (unpaired) electrons. The monoisotopic (exact) mass is 199 g/mol. The summed E-state index contributed by atoms with van der Waals surface area (Å²) in [6.45, 7) is 6.98. The van der Waals surface area contributed by atoms with Gasteiger partial charge in [-0.3, -0.25) is 4.99 Å². The van der Waals surface area contributed by atoms with E-state index in [1.165, 1.54) is 16.4 Å². The first kappa shape index (κ1) is 10.8. The molecule has 0 aromatic heterocycles. The second-order valence-corrected chi connectivity index (χ2v) is 4.41. The Morgan fingerprint density at radius 1 is 1.46 bits per heavy atom. The van der Waals surface area contributed by atoms with Crippen LogP contribution in [-0.2, 0) is 4.74 Å². The number of hydrogen-bond donors (Lipinski definition) is 0. The van der Waals surface area contributed by atoms with Crippen LogP contribution < -0.4 is 0 Å². The van der Waals surface area contributed by atoms with Crippen molar-refractivity contribution in [3.63, 3.8) is 0 Å². The third kappa shape index (κ3) is 5.11. The molecule has 0 aliphatic carbocycles. The Kier molecular flexibility index (Phi) is 5.16. The largest absolute Gasteiger partial charge is 0.377 e. The van der Waals surface area contributed by atoms with E-state index in [0.29, 0.717) is 0 Å². The second kappa shape index (κ2) is 6.22. The summed E-state index contributed by atoms with van der Waals surface area (Å²) in [5, 5.41) is 1.25. The van der Waals surface area contributed by atoms with Crippen LogP contribution in [0.4, 0.5) is 0 Å². The fourth-order valence-corrected chi connectivity index (χ4v) is 1.72. The Morgan fingerprint density at radius 3 is 2.54 bits per heavy atom. The predicted molar refractivity (Wildman–Crippen MR) is 59.6 cm³/mol. The third-order valence-electron chi connectivity index (χ3n) is 1.93. The predicted octanol–water partition coefficient (Wildman–Crippen LogP) is 2.50. The van der Waals surface area contributed by atoms with Crippen molar-refractivity contribution < 1.29 is 4.74 Å². The summed E-state index contributed by atoms with van der Waals surface area (Å²) in [7, 11) is 0. The van der Waals surface area contributed by atoms with Crippen LogP contribution in [0.5, 0.6) is 0 Å². The van der Waals surface area contributed by atoms with Crippen LogP contribution in [-0.4, -0.2) is 30.6 Å². The average Bonchev–Trinajstić information content (AvgIpc) is 2.58. The highest BCUT2D eigenvalue weighted by Gasteiger charge is 1.97. The highest BCUT2D eigenvalue weighted by Crippen LogP contribution is 2.09. The lowest BCUT2D eigenvalue weighted by Gasteiger charge is -2.07. The van der Waals surface area contributed by atoms with Crippen LogP contribution in [0.15, 0.2) is 16.6 Å². The van der Waals surface area contributed by atoms with Gasteiger partial charge < -0.3 is 4.74 Å². The lowest BCUT2D eigenvalue weighted by molar-refractivity contribution is 0.154. The molecule has 74 valence electrons. The van der Waals surface area contributed by atoms with Gasteiger partial charge in [-0.15, -0.1) is 11.8 Å². The van der Waals surface area contributed by atoms with Crippen molar-refractivity contribution >= 4 is 16.8 Å². The minimum absolute atomic E-state index is 0.825. The van der Waals surface area contributed by atoms with Gasteiger partial charge in [-0.05, 0) is 20.3 Å². The smallest absolute Gasteiger partial charge is 0.0650 e. The van der Waals surface area contributed by atoms with Gasteiger partial charge in [-0.1, -0.05) is 11.6 Å². The van der Waals surface area contributed by atoms with E-state index in [2.05, 4.69) is 24.9 Å². The number of thioether (sulfide) groups is 1. The number of ether oxygens (including phenoxy) is 1. The van der Waals surface area contributed by atoms with Crippen LogP contribution in [0.1, 0.15) is 20.3 Å². The van der Waals surface area contributed by atoms with Crippen LogP contribution in [0.25, 0.3) is 0 Å². The van der Waals surface area contributed by atoms with Crippen molar-refractivity contribution in [2.45, 2.75) is 20.3 Å². The van der Waals surface area contributed by atoms with E-state index < -0.39 is 0 Å². The Balaban J connectivity index is 0.000000132. The van der Waals surface area contributed by atoms with E-state index >= 15 is 0 Å². The summed E-state index contributed by atoms with van der Waals surface area (Å²) in [5.41, 5.74) is 1.46.